The van der Waals surface area contributed by atoms with Crippen LogP contribution in [0.5, 0.6) is 11.5 Å². The van der Waals surface area contributed by atoms with E-state index in [2.05, 4.69) is 36.9 Å². The van der Waals surface area contributed by atoms with Crippen LogP contribution in [0.15, 0.2) is 60.3 Å². The fraction of sp³-hybridized carbons (Fsp3) is 0.174. The molecule has 0 amide bonds. The zero-order valence-electron chi connectivity index (χ0n) is 18.1. The Morgan fingerprint density at radius 2 is 2.00 bits per heavy atom. The van der Waals surface area contributed by atoms with Gasteiger partial charge in [0.25, 0.3) is 5.56 Å². The van der Waals surface area contributed by atoms with Crippen molar-refractivity contribution < 1.29 is 19.4 Å². The lowest BCUT2D eigenvalue weighted by atomic mass is 9.95. The SMILES string of the molecule is COC(=O)C1=C(C)N=c2s/c(=C\c3cc(Br)cc(Br)c3O)c(=O)n2[C@@H]1c1cc(Cl)ccc1OC. The lowest BCUT2D eigenvalue weighted by Gasteiger charge is -2.25. The molecule has 0 aliphatic carbocycles. The summed E-state index contributed by atoms with van der Waals surface area (Å²) in [5.41, 5.74) is 1.19. The van der Waals surface area contributed by atoms with Crippen molar-refractivity contribution in [1.82, 2.24) is 4.57 Å². The molecule has 1 N–H and O–H groups in total. The molecule has 1 aromatic heterocycles. The molecule has 7 nitrogen and oxygen atoms in total. The first-order chi connectivity index (χ1) is 16.2. The van der Waals surface area contributed by atoms with Gasteiger partial charge in [0.2, 0.25) is 0 Å². The topological polar surface area (TPSA) is 90.1 Å². The highest BCUT2D eigenvalue weighted by atomic mass is 79.9. The van der Waals surface area contributed by atoms with E-state index >= 15 is 0 Å². The minimum atomic E-state index is -0.873. The van der Waals surface area contributed by atoms with Crippen LogP contribution >= 0.6 is 54.8 Å². The van der Waals surface area contributed by atoms with Gasteiger partial charge < -0.3 is 14.6 Å². The Bertz CT molecular complexity index is 1540. The highest BCUT2D eigenvalue weighted by molar-refractivity contribution is 9.11. The van der Waals surface area contributed by atoms with Gasteiger partial charge >= 0.3 is 5.97 Å². The smallest absolute Gasteiger partial charge is 0.338 e. The van der Waals surface area contributed by atoms with Crippen LogP contribution < -0.4 is 19.6 Å². The van der Waals surface area contributed by atoms with Gasteiger partial charge in [-0.2, -0.15) is 0 Å². The van der Waals surface area contributed by atoms with Crippen molar-refractivity contribution in [3.8, 4) is 11.5 Å². The first-order valence-corrected chi connectivity index (χ1v) is 12.6. The number of rotatable bonds is 4. The van der Waals surface area contributed by atoms with E-state index in [1.165, 1.54) is 18.8 Å². The number of phenols is 1. The summed E-state index contributed by atoms with van der Waals surface area (Å²) in [7, 11) is 2.77. The maximum Gasteiger partial charge on any atom is 0.338 e. The van der Waals surface area contributed by atoms with Gasteiger partial charge in [-0.05, 0) is 59.3 Å². The van der Waals surface area contributed by atoms with Crippen LogP contribution in [0.2, 0.25) is 5.02 Å². The normalized spacial score (nSPS) is 15.7. The predicted octanol–water partition coefficient (Wildman–Crippen LogP) is 4.30. The molecular weight excluding hydrogens is 612 g/mol. The van der Waals surface area contributed by atoms with Crippen LogP contribution in [0, 0.1) is 0 Å². The van der Waals surface area contributed by atoms with E-state index < -0.39 is 12.0 Å². The van der Waals surface area contributed by atoms with E-state index in [4.69, 9.17) is 21.1 Å². The highest BCUT2D eigenvalue weighted by Gasteiger charge is 2.35. The van der Waals surface area contributed by atoms with Crippen LogP contribution in [0.4, 0.5) is 0 Å². The Balaban J connectivity index is 2.05. The summed E-state index contributed by atoms with van der Waals surface area (Å²) in [6, 6.07) is 7.51. The summed E-state index contributed by atoms with van der Waals surface area (Å²) in [6.45, 7) is 1.69. The number of esters is 1. The van der Waals surface area contributed by atoms with Crippen LogP contribution in [-0.4, -0.2) is 29.9 Å². The number of carbonyl (C=O) groups excluding carboxylic acids is 1. The minimum Gasteiger partial charge on any atom is -0.506 e. The molecule has 34 heavy (non-hydrogen) atoms. The van der Waals surface area contributed by atoms with Crippen molar-refractivity contribution in [3.05, 3.63) is 86.4 Å². The number of allylic oxidation sites excluding steroid dienone is 1. The van der Waals surface area contributed by atoms with Crippen molar-refractivity contribution in [3.63, 3.8) is 0 Å². The maximum atomic E-state index is 13.7. The van der Waals surface area contributed by atoms with Gasteiger partial charge in [0.05, 0.1) is 34.5 Å². The zero-order chi connectivity index (χ0) is 24.7. The van der Waals surface area contributed by atoms with Gasteiger partial charge in [-0.1, -0.05) is 38.9 Å². The third-order valence-electron chi connectivity index (χ3n) is 5.26. The number of benzene rings is 2. The zero-order valence-corrected chi connectivity index (χ0v) is 22.8. The summed E-state index contributed by atoms with van der Waals surface area (Å²) in [5, 5.41) is 10.9. The number of hydrogen-bond donors (Lipinski definition) is 1. The van der Waals surface area contributed by atoms with Gasteiger partial charge in [0.1, 0.15) is 17.5 Å². The quantitative estimate of drug-likeness (QED) is 0.436. The first-order valence-electron chi connectivity index (χ1n) is 9.78. The summed E-state index contributed by atoms with van der Waals surface area (Å²) >= 11 is 14.1. The maximum absolute atomic E-state index is 13.7. The Labute approximate surface area is 219 Å². The average molecular weight is 629 g/mol. The van der Waals surface area contributed by atoms with Crippen molar-refractivity contribution in [1.29, 1.82) is 0 Å². The number of aromatic nitrogens is 1. The third kappa shape index (κ3) is 4.35. The van der Waals surface area contributed by atoms with Crippen molar-refractivity contribution in [2.75, 3.05) is 14.2 Å². The van der Waals surface area contributed by atoms with Crippen LogP contribution in [0.1, 0.15) is 24.1 Å². The number of aromatic hydroxyl groups is 1. The Morgan fingerprint density at radius 1 is 1.26 bits per heavy atom. The molecule has 0 saturated carbocycles. The number of carbonyl (C=O) groups is 1. The molecule has 0 unspecified atom stereocenters. The molecule has 0 bridgehead atoms. The van der Waals surface area contributed by atoms with Gasteiger partial charge in [0, 0.05) is 20.6 Å². The molecule has 0 saturated heterocycles. The standard InChI is InChI=1S/C23H17Br2ClN2O5S/c1-10-18(22(31)33-3)19(14-9-13(26)4-5-16(14)32-2)28-21(30)17(34-23(28)27-10)7-11-6-12(24)8-15(25)20(11)29/h4-9,19,29H,1-3H3/b17-7-/t19-/m1/s1. The predicted molar refractivity (Wildman–Crippen MR) is 137 cm³/mol. The Kier molecular flexibility index (Phi) is 7.04. The van der Waals surface area contributed by atoms with Gasteiger partial charge in [-0.25, -0.2) is 9.79 Å². The van der Waals surface area contributed by atoms with E-state index in [0.717, 1.165) is 15.8 Å². The lowest BCUT2D eigenvalue weighted by molar-refractivity contribution is -0.136. The monoisotopic (exact) mass is 626 g/mol. The number of halogens is 3. The number of methoxy groups -OCH3 is 2. The molecule has 1 atom stereocenters. The molecule has 1 aliphatic rings. The van der Waals surface area contributed by atoms with Crippen molar-refractivity contribution in [2.24, 2.45) is 4.99 Å². The first kappa shape index (κ1) is 24.7. The number of nitrogens with zero attached hydrogens (tertiary/aromatic N) is 2. The second-order valence-corrected chi connectivity index (χ2v) is 10.5. The molecule has 11 heteroatoms. The summed E-state index contributed by atoms with van der Waals surface area (Å²) in [5.74, 6) is -0.168. The van der Waals surface area contributed by atoms with E-state index in [0.29, 0.717) is 41.4 Å². The Morgan fingerprint density at radius 3 is 2.68 bits per heavy atom. The third-order valence-corrected chi connectivity index (χ3v) is 7.54. The molecule has 176 valence electrons. The fourth-order valence-electron chi connectivity index (χ4n) is 3.74. The number of hydrogen-bond acceptors (Lipinski definition) is 7. The summed E-state index contributed by atoms with van der Waals surface area (Å²) in [6.07, 6.45) is 1.58. The second kappa shape index (κ2) is 9.69. The van der Waals surface area contributed by atoms with E-state index in [1.807, 2.05) is 0 Å². The molecule has 1 aliphatic heterocycles. The number of thiazole rings is 1. The van der Waals surface area contributed by atoms with Gasteiger partial charge in [0.15, 0.2) is 4.80 Å². The molecule has 4 rings (SSSR count). The number of phenolic OH excluding ortho intramolecular Hbond substituents is 1. The lowest BCUT2D eigenvalue weighted by Crippen LogP contribution is -2.40. The van der Waals surface area contributed by atoms with Gasteiger partial charge in [-0.3, -0.25) is 9.36 Å². The highest BCUT2D eigenvalue weighted by Crippen LogP contribution is 2.37. The molecule has 3 aromatic rings. The van der Waals surface area contributed by atoms with Crippen molar-refractivity contribution in [2.45, 2.75) is 13.0 Å². The van der Waals surface area contributed by atoms with E-state index in [1.54, 1.807) is 43.3 Å². The van der Waals surface area contributed by atoms with E-state index in [-0.39, 0.29) is 16.9 Å². The second-order valence-electron chi connectivity index (χ2n) is 7.29. The fourth-order valence-corrected chi connectivity index (χ4v) is 6.22. The minimum absolute atomic E-state index is 0.00599. The van der Waals surface area contributed by atoms with E-state index in [9.17, 15) is 14.7 Å². The number of fused-ring (bicyclic) bond motifs is 1. The largest absolute Gasteiger partial charge is 0.506 e. The van der Waals surface area contributed by atoms with Crippen LogP contribution in [0.3, 0.4) is 0 Å². The van der Waals surface area contributed by atoms with Crippen molar-refractivity contribution >= 4 is 66.8 Å². The van der Waals surface area contributed by atoms with Crippen LogP contribution in [0.25, 0.3) is 6.08 Å². The van der Waals surface area contributed by atoms with Crippen LogP contribution in [-0.2, 0) is 9.53 Å². The summed E-state index contributed by atoms with van der Waals surface area (Å²) in [4.78, 5) is 31.4. The van der Waals surface area contributed by atoms with Gasteiger partial charge in [-0.15, -0.1) is 0 Å². The Hall–Kier alpha value is -2.40. The number of ether oxygens (including phenoxy) is 2. The summed E-state index contributed by atoms with van der Waals surface area (Å²) < 4.78 is 13.5. The molecule has 2 heterocycles. The molecule has 0 radical (unpaired) electrons. The molecule has 2 aromatic carbocycles. The molecular formula is C23H17Br2ClN2O5S. The molecule has 0 spiro atoms. The molecule has 0 fully saturated rings. The average Bonchev–Trinajstić information content (AvgIpc) is 3.10.